The molecule has 4 rings (SSSR count). The Hall–Kier alpha value is -7.75. The average Bonchev–Trinajstić information content (AvgIpc) is 3.28. The molecule has 0 saturated heterocycles. The third-order valence-corrected chi connectivity index (χ3v) is 11.1. The van der Waals surface area contributed by atoms with Crippen LogP contribution in [0.5, 0.6) is 17.2 Å². The van der Waals surface area contributed by atoms with Crippen LogP contribution in [0, 0.1) is 12.8 Å². The molecule has 2 bridgehead atoms. The number of benzene rings is 3. The first-order valence-corrected chi connectivity index (χ1v) is 22.7. The predicted molar refractivity (Wildman–Crippen MR) is 255 cm³/mol. The fourth-order valence-electron chi connectivity index (χ4n) is 7.35. The highest BCUT2D eigenvalue weighted by Gasteiger charge is 2.35. The number of hydrogen-bond donors (Lipinski definition) is 11. The van der Waals surface area contributed by atoms with Crippen LogP contribution in [0.2, 0.25) is 0 Å². The number of nitrogens with two attached hydrogens (primary N) is 1. The molecule has 378 valence electrons. The van der Waals surface area contributed by atoms with E-state index in [9.17, 15) is 53.4 Å². The number of carboxylic acid groups (broad SMARTS) is 1. The zero-order valence-electron chi connectivity index (χ0n) is 40.3. The number of aromatic hydroxyl groups is 1. The first-order valence-electron chi connectivity index (χ1n) is 22.7. The number of aryl methyl sites for hydroxylation is 1. The van der Waals surface area contributed by atoms with Crippen LogP contribution < -0.4 is 57.7 Å². The van der Waals surface area contributed by atoms with Gasteiger partial charge in [0, 0.05) is 11.3 Å². The number of hydrogen-bond acceptors (Lipinski definition) is 13. The number of likely N-dealkylation sites (N-methyl/N-ethyl adjacent to an activating group) is 1. The number of carbonyl (C=O) groups is 9. The summed E-state index contributed by atoms with van der Waals surface area (Å²) in [5.41, 5.74) is 5.97. The standard InChI is InChI=1S/C48H63N9O13/c1-9-10-17-69-30-14-12-29(13-15-30)54-48(68)70-31-19-24(4)38-32-20-28(11-16-36(32)58)39(46(65)53-27(7)43(62)57-40(47(66)67)33(38)21-31)56-42(61)26(6)52-45(64)35(22-37(49)59)55-41(60)25(5)51-44(63)34(50-8)18-23(2)3/h11-16,19-21,23,25-27,34-35,39-40,50,58H,9-10,17-18,22H2,1-8H3,(H2,49,59)(H,51,63)(H,52,64)(H,53,65)(H,54,68)(H,55,60)(H,56,61)(H,57,62)(H,66,67)/t25-,26-,27+,34-,35+,39-,40+/m1/s1. The maximum absolute atomic E-state index is 14.0. The molecule has 12 N–H and O–H groups in total. The highest BCUT2D eigenvalue weighted by molar-refractivity contribution is 5.99. The number of rotatable bonds is 20. The van der Waals surface area contributed by atoms with E-state index in [1.807, 2.05) is 20.8 Å². The first-order chi connectivity index (χ1) is 33.0. The quantitative estimate of drug-likeness (QED) is 0.0723. The summed E-state index contributed by atoms with van der Waals surface area (Å²) in [6, 6.07) is 3.35. The van der Waals surface area contributed by atoms with Crippen molar-refractivity contribution in [2.45, 2.75) is 116 Å². The number of phenols is 1. The molecule has 1 heterocycles. The van der Waals surface area contributed by atoms with Crippen molar-refractivity contribution in [3.63, 3.8) is 0 Å². The molecule has 1 aliphatic heterocycles. The lowest BCUT2D eigenvalue weighted by atomic mass is 9.88. The van der Waals surface area contributed by atoms with Crippen molar-refractivity contribution in [1.29, 1.82) is 0 Å². The lowest BCUT2D eigenvalue weighted by molar-refractivity contribution is -0.142. The van der Waals surface area contributed by atoms with E-state index in [1.165, 1.54) is 58.0 Å². The van der Waals surface area contributed by atoms with Gasteiger partial charge in [-0.1, -0.05) is 33.3 Å². The van der Waals surface area contributed by atoms with E-state index < -0.39 is 108 Å². The second kappa shape index (κ2) is 25.0. The summed E-state index contributed by atoms with van der Waals surface area (Å²) in [5, 5.41) is 42.0. The second-order valence-corrected chi connectivity index (χ2v) is 17.3. The zero-order valence-corrected chi connectivity index (χ0v) is 40.3. The molecule has 3 aromatic rings. The van der Waals surface area contributed by atoms with Crippen LogP contribution in [0.15, 0.2) is 54.6 Å². The van der Waals surface area contributed by atoms with Crippen molar-refractivity contribution in [2.75, 3.05) is 19.0 Å². The van der Waals surface area contributed by atoms with Gasteiger partial charge in [0.2, 0.25) is 41.4 Å². The number of amides is 8. The lowest BCUT2D eigenvalue weighted by Gasteiger charge is -2.28. The Balaban J connectivity index is 1.63. The maximum Gasteiger partial charge on any atom is 0.417 e. The predicted octanol–water partition coefficient (Wildman–Crippen LogP) is 2.08. The number of unbranched alkanes of at least 4 members (excludes halogenated alkanes) is 1. The summed E-state index contributed by atoms with van der Waals surface area (Å²) in [7, 11) is 1.60. The average molecular weight is 974 g/mol. The number of primary amides is 1. The number of phenolic OH excluding ortho intramolecular Hbond substituents is 1. The van der Waals surface area contributed by atoms with Gasteiger partial charge in [-0.25, -0.2) is 9.59 Å². The maximum atomic E-state index is 14.0. The number of fused-ring (bicyclic) bond motifs is 4. The molecule has 0 fully saturated rings. The molecule has 0 aromatic heterocycles. The lowest BCUT2D eigenvalue weighted by Crippen LogP contribution is -2.58. The van der Waals surface area contributed by atoms with E-state index in [0.717, 1.165) is 12.8 Å². The Kier molecular flexibility index (Phi) is 19.6. The van der Waals surface area contributed by atoms with Crippen LogP contribution >= 0.6 is 0 Å². The van der Waals surface area contributed by atoms with Crippen LogP contribution in [0.4, 0.5) is 10.5 Å². The SMILES string of the molecule is CCCCOc1ccc(NC(=O)Oc2cc(C)c3c(c2)[C@@H](C(=O)O)NC(=O)[C@H](C)NC(=O)[C@H](NC(=O)[C@@H](C)NC(=O)[C@H](CC(N)=O)NC(=O)[C@@H](C)NC(=O)[C@@H](CC(C)C)NC)c2ccc(O)c-3c2)cc1. The minimum absolute atomic E-state index is 0.0351. The fourth-order valence-corrected chi connectivity index (χ4v) is 7.35. The smallest absolute Gasteiger partial charge is 0.417 e. The molecule has 0 saturated carbocycles. The number of anilines is 1. The van der Waals surface area contributed by atoms with E-state index in [-0.39, 0.29) is 39.5 Å². The van der Waals surface area contributed by atoms with Crippen molar-refractivity contribution in [3.05, 3.63) is 71.3 Å². The van der Waals surface area contributed by atoms with Gasteiger partial charge >= 0.3 is 12.1 Å². The zero-order chi connectivity index (χ0) is 52.0. The van der Waals surface area contributed by atoms with Crippen molar-refractivity contribution < 1.29 is 62.8 Å². The van der Waals surface area contributed by atoms with Gasteiger partial charge in [0.15, 0.2) is 6.04 Å². The van der Waals surface area contributed by atoms with Crippen LogP contribution in [0.25, 0.3) is 11.1 Å². The Bertz CT molecular complexity index is 2450. The largest absolute Gasteiger partial charge is 0.507 e. The second-order valence-electron chi connectivity index (χ2n) is 17.3. The van der Waals surface area contributed by atoms with Crippen molar-refractivity contribution >= 4 is 59.1 Å². The summed E-state index contributed by atoms with van der Waals surface area (Å²) in [4.78, 5) is 119. The van der Waals surface area contributed by atoms with E-state index >= 15 is 0 Å². The number of ether oxygens (including phenoxy) is 2. The Morgan fingerprint density at radius 3 is 2.04 bits per heavy atom. The van der Waals surface area contributed by atoms with Crippen molar-refractivity contribution in [2.24, 2.45) is 11.7 Å². The van der Waals surface area contributed by atoms with Crippen molar-refractivity contribution in [3.8, 4) is 28.4 Å². The Labute approximate surface area is 404 Å². The third kappa shape index (κ3) is 15.1. The molecule has 22 heteroatoms. The Morgan fingerprint density at radius 2 is 1.44 bits per heavy atom. The highest BCUT2D eigenvalue weighted by atomic mass is 16.6. The van der Waals surface area contributed by atoms with Crippen LogP contribution in [0.1, 0.15) is 96.0 Å². The molecule has 70 heavy (non-hydrogen) atoms. The summed E-state index contributed by atoms with van der Waals surface area (Å²) >= 11 is 0. The van der Waals surface area contributed by atoms with E-state index in [4.69, 9.17) is 15.2 Å². The molecule has 0 spiro atoms. The van der Waals surface area contributed by atoms with Gasteiger partial charge in [-0.15, -0.1) is 0 Å². The van der Waals surface area contributed by atoms with Gasteiger partial charge in [0.25, 0.3) is 0 Å². The third-order valence-electron chi connectivity index (χ3n) is 11.1. The summed E-state index contributed by atoms with van der Waals surface area (Å²) in [6.07, 6.45) is 0.685. The summed E-state index contributed by atoms with van der Waals surface area (Å²) < 4.78 is 11.3. The number of nitrogens with one attached hydrogen (secondary N) is 8. The first kappa shape index (κ1) is 54.9. The monoisotopic (exact) mass is 973 g/mol. The van der Waals surface area contributed by atoms with Gasteiger partial charge in [0.1, 0.15) is 47.5 Å². The summed E-state index contributed by atoms with van der Waals surface area (Å²) in [5.74, 6) is -7.47. The van der Waals surface area contributed by atoms with Gasteiger partial charge in [-0.3, -0.25) is 38.9 Å². The van der Waals surface area contributed by atoms with Gasteiger partial charge in [-0.2, -0.15) is 0 Å². The van der Waals surface area contributed by atoms with Crippen LogP contribution in [-0.2, 0) is 38.4 Å². The molecular weight excluding hydrogens is 911 g/mol. The van der Waals surface area contributed by atoms with Crippen molar-refractivity contribution in [1.82, 2.24) is 37.2 Å². The Morgan fingerprint density at radius 1 is 0.800 bits per heavy atom. The fraction of sp³-hybridized carbons (Fsp3) is 0.438. The molecule has 1 aliphatic rings. The highest BCUT2D eigenvalue weighted by Crippen LogP contribution is 2.41. The molecule has 0 unspecified atom stereocenters. The minimum atomic E-state index is -1.82. The molecule has 0 aliphatic carbocycles. The molecular formula is C48H63N9O13. The molecule has 3 aromatic carbocycles. The number of carbonyl (C=O) groups excluding carboxylic acids is 8. The number of aliphatic carboxylic acids is 1. The van der Waals surface area contributed by atoms with E-state index in [0.29, 0.717) is 24.5 Å². The topological polar surface area (TPSA) is 335 Å². The minimum Gasteiger partial charge on any atom is -0.507 e. The van der Waals surface area contributed by atoms with Crippen LogP contribution in [-0.4, -0.2) is 107 Å². The van der Waals surface area contributed by atoms with Gasteiger partial charge in [-0.05, 0) is 124 Å². The van der Waals surface area contributed by atoms with E-state index in [1.54, 1.807) is 31.3 Å². The van der Waals surface area contributed by atoms with Gasteiger partial charge < -0.3 is 62.6 Å². The van der Waals surface area contributed by atoms with Crippen LogP contribution in [0.3, 0.4) is 0 Å². The molecule has 7 atom stereocenters. The molecule has 22 nitrogen and oxygen atoms in total. The number of carboxylic acids is 1. The normalized spacial score (nSPS) is 17.2. The van der Waals surface area contributed by atoms with E-state index in [2.05, 4.69) is 42.5 Å². The molecule has 0 radical (unpaired) electrons. The summed E-state index contributed by atoms with van der Waals surface area (Å²) in [6.45, 7) is 11.9. The molecule has 8 amide bonds. The van der Waals surface area contributed by atoms with Gasteiger partial charge in [0.05, 0.1) is 19.1 Å².